The zero-order chi connectivity index (χ0) is 14.1. The normalized spacial score (nSPS) is 9.61. The summed E-state index contributed by atoms with van der Waals surface area (Å²) < 4.78 is 4.63. The van der Waals surface area contributed by atoms with Crippen LogP contribution in [0.4, 0.5) is 4.79 Å². The van der Waals surface area contributed by atoms with Crippen molar-refractivity contribution >= 4 is 17.9 Å². The molecule has 0 spiro atoms. The lowest BCUT2D eigenvalue weighted by atomic mass is 10.2. The van der Waals surface area contributed by atoms with Crippen molar-refractivity contribution in [3.8, 4) is 0 Å². The van der Waals surface area contributed by atoms with E-state index in [9.17, 15) is 14.4 Å². The molecule has 0 saturated heterocycles. The number of carbonyl (C=O) groups excluding carboxylic acids is 3. The van der Waals surface area contributed by atoms with Gasteiger partial charge in [-0.25, -0.2) is 9.59 Å². The first-order valence-electron chi connectivity index (χ1n) is 5.70. The molecule has 18 heavy (non-hydrogen) atoms. The summed E-state index contributed by atoms with van der Waals surface area (Å²) in [4.78, 5) is 33.5. The van der Waals surface area contributed by atoms with Crippen molar-refractivity contribution in [2.75, 3.05) is 13.2 Å². The molecule has 6 nitrogen and oxygen atoms in total. The Labute approximate surface area is 107 Å². The fourth-order valence-electron chi connectivity index (χ4n) is 0.918. The molecule has 0 aliphatic heterocycles. The minimum atomic E-state index is -0.660. The molecule has 0 aromatic carbocycles. The zero-order valence-electron chi connectivity index (χ0n) is 11.2. The van der Waals surface area contributed by atoms with Crippen molar-refractivity contribution in [2.45, 2.75) is 27.7 Å². The van der Waals surface area contributed by atoms with E-state index in [2.05, 4.69) is 15.4 Å². The Kier molecular flexibility index (Phi) is 7.42. The van der Waals surface area contributed by atoms with Gasteiger partial charge in [0, 0.05) is 12.6 Å². The fraction of sp³-hybridized carbons (Fsp3) is 0.583. The number of rotatable bonds is 5. The minimum absolute atomic E-state index is 0.293. The molecule has 0 saturated carbocycles. The van der Waals surface area contributed by atoms with Gasteiger partial charge in [-0.15, -0.1) is 0 Å². The van der Waals surface area contributed by atoms with Crippen LogP contribution in [0, 0.1) is 5.92 Å². The highest BCUT2D eigenvalue weighted by atomic mass is 16.5. The third-order valence-electron chi connectivity index (χ3n) is 1.68. The maximum atomic E-state index is 11.2. The van der Waals surface area contributed by atoms with Crippen LogP contribution in [-0.2, 0) is 14.3 Å². The van der Waals surface area contributed by atoms with E-state index in [4.69, 9.17) is 0 Å². The topological polar surface area (TPSA) is 84.5 Å². The van der Waals surface area contributed by atoms with Gasteiger partial charge < -0.3 is 10.1 Å². The lowest BCUT2D eigenvalue weighted by Crippen LogP contribution is -2.42. The average molecular weight is 256 g/mol. The van der Waals surface area contributed by atoms with Crippen LogP contribution in [0.3, 0.4) is 0 Å². The first-order chi connectivity index (χ1) is 8.31. The van der Waals surface area contributed by atoms with Gasteiger partial charge in [-0.05, 0) is 19.8 Å². The summed E-state index contributed by atoms with van der Waals surface area (Å²) in [6.45, 7) is 7.34. The second-order valence-corrected chi connectivity index (χ2v) is 4.48. The van der Waals surface area contributed by atoms with Gasteiger partial charge in [0.2, 0.25) is 0 Å². The number of ether oxygens (including phenoxy) is 1. The van der Waals surface area contributed by atoms with Gasteiger partial charge in [-0.3, -0.25) is 10.1 Å². The Hall–Kier alpha value is -1.85. The van der Waals surface area contributed by atoms with Crippen molar-refractivity contribution in [1.29, 1.82) is 0 Å². The van der Waals surface area contributed by atoms with Gasteiger partial charge in [-0.2, -0.15) is 0 Å². The lowest BCUT2D eigenvalue weighted by molar-refractivity contribution is -0.143. The SMILES string of the molecule is CC(C)=CC(=O)OCC(=O)NC(=O)NCC(C)C. The van der Waals surface area contributed by atoms with Gasteiger partial charge >= 0.3 is 12.0 Å². The summed E-state index contributed by atoms with van der Waals surface area (Å²) in [7, 11) is 0. The second kappa shape index (κ2) is 8.27. The predicted molar refractivity (Wildman–Crippen MR) is 66.8 cm³/mol. The number of urea groups is 1. The Morgan fingerprint density at radius 2 is 1.83 bits per heavy atom. The number of nitrogens with one attached hydrogen (secondary N) is 2. The van der Waals surface area contributed by atoms with E-state index in [-0.39, 0.29) is 0 Å². The fourth-order valence-corrected chi connectivity index (χ4v) is 0.918. The number of carbonyl (C=O) groups is 3. The first kappa shape index (κ1) is 16.1. The van der Waals surface area contributed by atoms with Crippen molar-refractivity contribution in [3.63, 3.8) is 0 Å². The lowest BCUT2D eigenvalue weighted by Gasteiger charge is -2.08. The maximum Gasteiger partial charge on any atom is 0.331 e. The number of hydrogen-bond acceptors (Lipinski definition) is 4. The molecule has 0 fully saturated rings. The van der Waals surface area contributed by atoms with Gasteiger partial charge in [0.05, 0.1) is 0 Å². The van der Waals surface area contributed by atoms with Crippen molar-refractivity contribution in [3.05, 3.63) is 11.6 Å². The zero-order valence-corrected chi connectivity index (χ0v) is 11.2. The molecular weight excluding hydrogens is 236 g/mol. The molecule has 0 heterocycles. The molecule has 3 amide bonds. The summed E-state index contributed by atoms with van der Waals surface area (Å²) in [6.07, 6.45) is 1.27. The predicted octanol–water partition coefficient (Wildman–Crippen LogP) is 0.978. The van der Waals surface area contributed by atoms with Gasteiger partial charge in [0.15, 0.2) is 6.61 Å². The van der Waals surface area contributed by atoms with Crippen LogP contribution in [0.15, 0.2) is 11.6 Å². The Bertz CT molecular complexity index is 344. The van der Waals surface area contributed by atoms with Crippen molar-refractivity contribution in [1.82, 2.24) is 10.6 Å². The number of esters is 1. The van der Waals surface area contributed by atoms with E-state index in [1.54, 1.807) is 13.8 Å². The molecule has 0 aromatic heterocycles. The second-order valence-electron chi connectivity index (χ2n) is 4.48. The molecule has 0 atom stereocenters. The van der Waals surface area contributed by atoms with E-state index in [0.29, 0.717) is 12.5 Å². The summed E-state index contributed by atoms with van der Waals surface area (Å²) in [5, 5.41) is 4.57. The number of allylic oxidation sites excluding steroid dienone is 1. The van der Waals surface area contributed by atoms with Crippen LogP contribution in [0.5, 0.6) is 0 Å². The quantitative estimate of drug-likeness (QED) is 0.567. The van der Waals surface area contributed by atoms with Crippen LogP contribution in [0.25, 0.3) is 0 Å². The average Bonchev–Trinajstić information content (AvgIpc) is 2.22. The molecule has 0 radical (unpaired) electrons. The van der Waals surface area contributed by atoms with E-state index >= 15 is 0 Å². The van der Waals surface area contributed by atoms with Crippen LogP contribution in [0.2, 0.25) is 0 Å². The maximum absolute atomic E-state index is 11.2. The van der Waals surface area contributed by atoms with Crippen molar-refractivity contribution in [2.24, 2.45) is 5.92 Å². The van der Waals surface area contributed by atoms with E-state index in [1.807, 2.05) is 13.8 Å². The molecule has 0 bridgehead atoms. The molecular formula is C12H20N2O4. The van der Waals surface area contributed by atoms with Crippen LogP contribution in [0.1, 0.15) is 27.7 Å². The highest BCUT2D eigenvalue weighted by Crippen LogP contribution is 1.90. The van der Waals surface area contributed by atoms with Crippen LogP contribution >= 0.6 is 0 Å². The van der Waals surface area contributed by atoms with E-state index in [0.717, 1.165) is 5.57 Å². The monoisotopic (exact) mass is 256 g/mol. The highest BCUT2D eigenvalue weighted by molar-refractivity contribution is 5.96. The first-order valence-corrected chi connectivity index (χ1v) is 5.70. The van der Waals surface area contributed by atoms with Crippen LogP contribution < -0.4 is 10.6 Å². The largest absolute Gasteiger partial charge is 0.452 e. The van der Waals surface area contributed by atoms with E-state index < -0.39 is 24.5 Å². The van der Waals surface area contributed by atoms with Gasteiger partial charge in [0.1, 0.15) is 0 Å². The van der Waals surface area contributed by atoms with Gasteiger partial charge in [0.25, 0.3) is 5.91 Å². The molecule has 0 aliphatic carbocycles. The molecule has 2 N–H and O–H groups in total. The molecule has 0 unspecified atom stereocenters. The van der Waals surface area contributed by atoms with E-state index in [1.165, 1.54) is 6.08 Å². The smallest absolute Gasteiger partial charge is 0.331 e. The third kappa shape index (κ3) is 9.38. The summed E-state index contributed by atoms with van der Waals surface area (Å²) in [5.41, 5.74) is 0.773. The molecule has 0 aliphatic rings. The number of hydrogen-bond donors (Lipinski definition) is 2. The Morgan fingerprint density at radius 3 is 2.33 bits per heavy atom. The molecule has 102 valence electrons. The Morgan fingerprint density at radius 1 is 1.22 bits per heavy atom. The summed E-state index contributed by atoms with van der Waals surface area (Å²) in [5.74, 6) is -0.971. The van der Waals surface area contributed by atoms with Gasteiger partial charge in [-0.1, -0.05) is 19.4 Å². The molecule has 0 rings (SSSR count). The number of amides is 3. The third-order valence-corrected chi connectivity index (χ3v) is 1.68. The minimum Gasteiger partial charge on any atom is -0.452 e. The standard InChI is InChI=1S/C12H20N2O4/c1-8(2)5-11(16)18-7-10(15)14-12(17)13-6-9(3)4/h5,9H,6-7H2,1-4H3,(H2,13,14,15,17). The Balaban J connectivity index is 3.87. The summed E-state index contributed by atoms with van der Waals surface area (Å²) in [6, 6.07) is -0.591. The number of imide groups is 1. The summed E-state index contributed by atoms with van der Waals surface area (Å²) >= 11 is 0. The van der Waals surface area contributed by atoms with Crippen molar-refractivity contribution < 1.29 is 19.1 Å². The van der Waals surface area contributed by atoms with Crippen LogP contribution in [-0.4, -0.2) is 31.1 Å². The highest BCUT2D eigenvalue weighted by Gasteiger charge is 2.09. The molecule has 0 aromatic rings. The molecule has 6 heteroatoms.